The second-order valence-electron chi connectivity index (χ2n) is 5.77. The third kappa shape index (κ3) is 4.44. The molecule has 4 amide bonds. The Kier molecular flexibility index (Phi) is 5.55. The van der Waals surface area contributed by atoms with E-state index in [1.165, 1.54) is 18.2 Å². The lowest BCUT2D eigenvalue weighted by molar-refractivity contribution is -0.123. The molecular weight excluding hydrogens is 432 g/mol. The molecule has 1 heterocycles. The summed E-state index contributed by atoms with van der Waals surface area (Å²) < 4.78 is 6.47. The van der Waals surface area contributed by atoms with Crippen LogP contribution in [0.5, 0.6) is 5.75 Å². The fraction of sp³-hybridized carbons (Fsp3) is 0.0526. The minimum absolute atomic E-state index is 0.147. The van der Waals surface area contributed by atoms with Crippen molar-refractivity contribution in [3.05, 3.63) is 69.2 Å². The molecule has 2 aromatic carbocycles. The van der Waals surface area contributed by atoms with Crippen molar-refractivity contribution in [2.75, 3.05) is 0 Å². The molecule has 0 bridgehead atoms. The predicted octanol–water partition coefficient (Wildman–Crippen LogP) is 2.48. The molecule has 1 fully saturated rings. The van der Waals surface area contributed by atoms with E-state index >= 15 is 0 Å². The van der Waals surface area contributed by atoms with Crippen molar-refractivity contribution in [2.45, 2.75) is 6.61 Å². The smallest absolute Gasteiger partial charge is 0.335 e. The topological polar surface area (TPSA) is 122 Å². The number of amides is 4. The molecule has 0 saturated carbocycles. The number of rotatable bonds is 5. The van der Waals surface area contributed by atoms with Crippen LogP contribution in [0.25, 0.3) is 6.08 Å². The predicted molar refractivity (Wildman–Crippen MR) is 102 cm³/mol. The number of imide groups is 2. The van der Waals surface area contributed by atoms with E-state index in [1.54, 1.807) is 30.3 Å². The highest BCUT2D eigenvalue weighted by Gasteiger charge is 2.28. The molecule has 142 valence electrons. The van der Waals surface area contributed by atoms with Gasteiger partial charge in [0.15, 0.2) is 0 Å². The lowest BCUT2D eigenvalue weighted by Gasteiger charge is -2.15. The monoisotopic (exact) mass is 444 g/mol. The summed E-state index contributed by atoms with van der Waals surface area (Å²) >= 11 is 3.32. The van der Waals surface area contributed by atoms with Crippen molar-refractivity contribution in [3.8, 4) is 5.75 Å². The molecule has 0 unspecified atom stereocenters. The van der Waals surface area contributed by atoms with Crippen LogP contribution in [0, 0.1) is 0 Å². The first kappa shape index (κ1) is 19.3. The van der Waals surface area contributed by atoms with Crippen LogP contribution in [0.2, 0.25) is 0 Å². The standard InChI is InChI=1S/C19H13BrN2O6/c20-13-5-6-15(28-9-10-1-3-11(4-2-10)18(25)26)12(7-13)8-14-16(23)21-19(27)22-17(14)24/h1-8H,9H2,(H,25,26)(H2,21,22,23,24,27). The average molecular weight is 445 g/mol. The highest BCUT2D eigenvalue weighted by molar-refractivity contribution is 9.10. The minimum atomic E-state index is -1.02. The molecule has 0 aliphatic carbocycles. The number of benzene rings is 2. The molecule has 9 heteroatoms. The van der Waals surface area contributed by atoms with Crippen molar-refractivity contribution in [2.24, 2.45) is 0 Å². The van der Waals surface area contributed by atoms with Gasteiger partial charge in [-0.05, 0) is 42.0 Å². The van der Waals surface area contributed by atoms with Gasteiger partial charge in [0.2, 0.25) is 0 Å². The fourth-order valence-corrected chi connectivity index (χ4v) is 2.81. The number of halogens is 1. The summed E-state index contributed by atoms with van der Waals surface area (Å²) in [5.74, 6) is -2.22. The summed E-state index contributed by atoms with van der Waals surface area (Å²) in [4.78, 5) is 45.9. The average Bonchev–Trinajstić information content (AvgIpc) is 2.64. The van der Waals surface area contributed by atoms with E-state index in [-0.39, 0.29) is 17.7 Å². The first-order chi connectivity index (χ1) is 13.3. The van der Waals surface area contributed by atoms with E-state index in [2.05, 4.69) is 15.9 Å². The van der Waals surface area contributed by atoms with Crippen molar-refractivity contribution in [1.29, 1.82) is 0 Å². The van der Waals surface area contributed by atoms with Crippen LogP contribution in [0.3, 0.4) is 0 Å². The largest absolute Gasteiger partial charge is 0.488 e. The van der Waals surface area contributed by atoms with Gasteiger partial charge < -0.3 is 9.84 Å². The number of urea groups is 1. The summed E-state index contributed by atoms with van der Waals surface area (Å²) in [5, 5.41) is 12.9. The van der Waals surface area contributed by atoms with Gasteiger partial charge in [0.05, 0.1) is 5.56 Å². The SMILES string of the molecule is O=C1NC(=O)C(=Cc2cc(Br)ccc2OCc2ccc(C(=O)O)cc2)C(=O)N1. The second kappa shape index (κ2) is 8.05. The van der Waals surface area contributed by atoms with Gasteiger partial charge in [-0.25, -0.2) is 9.59 Å². The van der Waals surface area contributed by atoms with Crippen LogP contribution in [0.1, 0.15) is 21.5 Å². The summed E-state index contributed by atoms with van der Waals surface area (Å²) in [6.45, 7) is 0.147. The molecule has 0 aromatic heterocycles. The van der Waals surface area contributed by atoms with Gasteiger partial charge in [-0.1, -0.05) is 28.1 Å². The van der Waals surface area contributed by atoms with E-state index in [4.69, 9.17) is 9.84 Å². The number of ether oxygens (including phenoxy) is 1. The lowest BCUT2D eigenvalue weighted by atomic mass is 10.1. The molecule has 8 nitrogen and oxygen atoms in total. The fourth-order valence-electron chi connectivity index (χ4n) is 2.43. The van der Waals surface area contributed by atoms with Gasteiger partial charge in [0.1, 0.15) is 17.9 Å². The molecule has 0 radical (unpaired) electrons. The Balaban J connectivity index is 1.84. The summed E-state index contributed by atoms with van der Waals surface area (Å²) in [5.41, 5.74) is 1.13. The Hall–Kier alpha value is -3.46. The van der Waals surface area contributed by atoms with Crippen LogP contribution in [0.4, 0.5) is 4.79 Å². The van der Waals surface area contributed by atoms with Crippen LogP contribution < -0.4 is 15.4 Å². The van der Waals surface area contributed by atoms with E-state index in [0.29, 0.717) is 15.8 Å². The zero-order valence-electron chi connectivity index (χ0n) is 14.2. The number of carbonyl (C=O) groups excluding carboxylic acids is 3. The van der Waals surface area contributed by atoms with Crippen LogP contribution in [-0.4, -0.2) is 28.9 Å². The molecular formula is C19H13BrN2O6. The van der Waals surface area contributed by atoms with Gasteiger partial charge in [0, 0.05) is 10.0 Å². The maximum atomic E-state index is 11.9. The Labute approximate surface area is 167 Å². The van der Waals surface area contributed by atoms with E-state index in [9.17, 15) is 19.2 Å². The zero-order chi connectivity index (χ0) is 20.3. The van der Waals surface area contributed by atoms with Crippen molar-refractivity contribution >= 4 is 45.8 Å². The highest BCUT2D eigenvalue weighted by atomic mass is 79.9. The number of hydrogen-bond donors (Lipinski definition) is 3. The van der Waals surface area contributed by atoms with Crippen molar-refractivity contribution in [3.63, 3.8) is 0 Å². The third-order valence-electron chi connectivity index (χ3n) is 3.81. The molecule has 2 aromatic rings. The maximum absolute atomic E-state index is 11.9. The first-order valence-electron chi connectivity index (χ1n) is 7.96. The molecule has 3 rings (SSSR count). The number of carboxylic acid groups (broad SMARTS) is 1. The van der Waals surface area contributed by atoms with Gasteiger partial charge >= 0.3 is 12.0 Å². The van der Waals surface area contributed by atoms with Crippen LogP contribution >= 0.6 is 15.9 Å². The Morgan fingerprint density at radius 3 is 2.29 bits per heavy atom. The summed E-state index contributed by atoms with van der Waals surface area (Å²) in [6.07, 6.45) is 1.32. The number of barbiturate groups is 1. The molecule has 1 saturated heterocycles. The van der Waals surface area contributed by atoms with Gasteiger partial charge in [-0.2, -0.15) is 0 Å². The molecule has 28 heavy (non-hydrogen) atoms. The summed E-state index contributed by atoms with van der Waals surface area (Å²) in [7, 11) is 0. The Morgan fingerprint density at radius 2 is 1.68 bits per heavy atom. The second-order valence-corrected chi connectivity index (χ2v) is 6.68. The molecule has 0 spiro atoms. The highest BCUT2D eigenvalue weighted by Crippen LogP contribution is 2.27. The Bertz CT molecular complexity index is 992. The van der Waals surface area contributed by atoms with Crippen LogP contribution in [-0.2, 0) is 16.2 Å². The number of aromatic carboxylic acids is 1. The van der Waals surface area contributed by atoms with Crippen molar-refractivity contribution < 1.29 is 29.0 Å². The number of nitrogens with one attached hydrogen (secondary N) is 2. The number of carbonyl (C=O) groups is 4. The summed E-state index contributed by atoms with van der Waals surface area (Å²) in [6, 6.07) is 10.4. The first-order valence-corrected chi connectivity index (χ1v) is 8.76. The van der Waals surface area contributed by atoms with E-state index in [1.807, 2.05) is 10.6 Å². The molecule has 1 aliphatic rings. The van der Waals surface area contributed by atoms with Gasteiger partial charge in [-0.15, -0.1) is 0 Å². The number of hydrogen-bond acceptors (Lipinski definition) is 5. The normalized spacial score (nSPS) is 13.6. The van der Waals surface area contributed by atoms with E-state index in [0.717, 1.165) is 5.56 Å². The third-order valence-corrected chi connectivity index (χ3v) is 4.30. The van der Waals surface area contributed by atoms with Crippen LogP contribution in [0.15, 0.2) is 52.5 Å². The lowest BCUT2D eigenvalue weighted by Crippen LogP contribution is -2.51. The van der Waals surface area contributed by atoms with Gasteiger partial charge in [0.25, 0.3) is 11.8 Å². The quantitative estimate of drug-likeness (QED) is 0.480. The Morgan fingerprint density at radius 1 is 1.04 bits per heavy atom. The molecule has 0 atom stereocenters. The molecule has 3 N–H and O–H groups in total. The minimum Gasteiger partial charge on any atom is -0.488 e. The maximum Gasteiger partial charge on any atom is 0.335 e. The van der Waals surface area contributed by atoms with E-state index < -0.39 is 23.8 Å². The molecule has 1 aliphatic heterocycles. The number of carboxylic acids is 1. The van der Waals surface area contributed by atoms with Crippen molar-refractivity contribution in [1.82, 2.24) is 10.6 Å². The van der Waals surface area contributed by atoms with Gasteiger partial charge in [-0.3, -0.25) is 20.2 Å². The zero-order valence-corrected chi connectivity index (χ0v) is 15.8.